The highest BCUT2D eigenvalue weighted by atomic mass is 16.5. The lowest BCUT2D eigenvalue weighted by Gasteiger charge is -2.15. The maximum absolute atomic E-state index is 11.7. The van der Waals surface area contributed by atoms with Crippen molar-refractivity contribution in [2.75, 3.05) is 38.3 Å². The molecule has 0 aliphatic heterocycles. The van der Waals surface area contributed by atoms with Crippen molar-refractivity contribution < 1.29 is 19.1 Å². The van der Waals surface area contributed by atoms with Gasteiger partial charge in [0.15, 0.2) is 6.61 Å². The number of amides is 1. The molecule has 0 aliphatic carbocycles. The van der Waals surface area contributed by atoms with Crippen molar-refractivity contribution in [1.29, 1.82) is 0 Å². The summed E-state index contributed by atoms with van der Waals surface area (Å²) in [6.45, 7) is 0.267. The Morgan fingerprint density at radius 2 is 1.84 bits per heavy atom. The normalized spacial score (nSPS) is 9.96. The van der Waals surface area contributed by atoms with Crippen LogP contribution in [-0.2, 0) is 14.3 Å². The molecule has 25 heavy (non-hydrogen) atoms. The first-order valence-electron chi connectivity index (χ1n) is 7.73. The van der Waals surface area contributed by atoms with Gasteiger partial charge in [-0.15, -0.1) is 0 Å². The molecule has 1 amide bonds. The number of carbonyl (C=O) groups excluding carboxylic acids is 2. The smallest absolute Gasteiger partial charge is 0.326 e. The molecule has 0 radical (unpaired) electrons. The van der Waals surface area contributed by atoms with E-state index in [9.17, 15) is 9.59 Å². The van der Waals surface area contributed by atoms with Gasteiger partial charge in [-0.25, -0.2) is 9.97 Å². The van der Waals surface area contributed by atoms with E-state index in [1.54, 1.807) is 25.5 Å². The number of benzene rings is 1. The second-order valence-corrected chi connectivity index (χ2v) is 5.08. The molecule has 8 heteroatoms. The molecule has 0 fully saturated rings. The predicted molar refractivity (Wildman–Crippen MR) is 91.2 cm³/mol. The number of aromatic nitrogens is 2. The first-order valence-corrected chi connectivity index (χ1v) is 7.73. The van der Waals surface area contributed by atoms with Gasteiger partial charge in [-0.2, -0.15) is 0 Å². The van der Waals surface area contributed by atoms with Crippen molar-refractivity contribution >= 4 is 17.8 Å². The number of likely N-dealkylation sites (N-methyl/N-ethyl adjacent to an activating group) is 1. The largest absolute Gasteiger partial charge is 0.492 e. The third-order valence-corrected chi connectivity index (χ3v) is 3.06. The predicted octanol–water partition coefficient (Wildman–Crippen LogP) is 0.651. The van der Waals surface area contributed by atoms with Gasteiger partial charge in [-0.05, 0) is 18.2 Å². The lowest BCUT2D eigenvalue weighted by atomic mass is 10.3. The van der Waals surface area contributed by atoms with Crippen molar-refractivity contribution in [3.05, 3.63) is 48.8 Å². The summed E-state index contributed by atoms with van der Waals surface area (Å²) in [5.74, 6) is 0.213. The standard InChI is InChI=1S/C17H20N4O4/c1-21(17-19-8-5-9-20-17)12-16(23)25-13-15(22)18-10-11-24-14-6-3-2-4-7-14/h2-9H,10-13H2,1H3,(H,18,22). The fraction of sp³-hybridized carbons (Fsp3) is 0.294. The maximum Gasteiger partial charge on any atom is 0.326 e. The van der Waals surface area contributed by atoms with Crippen molar-refractivity contribution in [3.8, 4) is 5.75 Å². The molecule has 2 rings (SSSR count). The highest BCUT2D eigenvalue weighted by molar-refractivity contribution is 5.81. The first kappa shape index (κ1) is 18.2. The molecular weight excluding hydrogens is 324 g/mol. The molecule has 1 N–H and O–H groups in total. The summed E-state index contributed by atoms with van der Waals surface area (Å²) in [5, 5.41) is 2.61. The highest BCUT2D eigenvalue weighted by Crippen LogP contribution is 2.07. The Bertz CT molecular complexity index is 667. The fourth-order valence-corrected chi connectivity index (χ4v) is 1.87. The SMILES string of the molecule is CN(CC(=O)OCC(=O)NCCOc1ccccc1)c1ncccn1. The average Bonchev–Trinajstić information content (AvgIpc) is 2.65. The van der Waals surface area contributed by atoms with E-state index in [-0.39, 0.29) is 19.1 Å². The summed E-state index contributed by atoms with van der Waals surface area (Å²) in [6.07, 6.45) is 3.16. The van der Waals surface area contributed by atoms with Crippen LogP contribution in [0.5, 0.6) is 5.75 Å². The second-order valence-electron chi connectivity index (χ2n) is 5.08. The van der Waals surface area contributed by atoms with Crippen molar-refractivity contribution in [3.63, 3.8) is 0 Å². The molecule has 0 saturated carbocycles. The molecule has 0 bridgehead atoms. The van der Waals surface area contributed by atoms with Crippen LogP contribution in [0.25, 0.3) is 0 Å². The number of esters is 1. The number of ether oxygens (including phenoxy) is 2. The third-order valence-electron chi connectivity index (χ3n) is 3.06. The zero-order valence-corrected chi connectivity index (χ0v) is 13.9. The Labute approximate surface area is 145 Å². The number of para-hydroxylation sites is 1. The van der Waals surface area contributed by atoms with Gasteiger partial charge in [0.25, 0.3) is 5.91 Å². The molecular formula is C17H20N4O4. The van der Waals surface area contributed by atoms with E-state index >= 15 is 0 Å². The van der Waals surface area contributed by atoms with Gasteiger partial charge in [0, 0.05) is 19.4 Å². The van der Waals surface area contributed by atoms with Gasteiger partial charge >= 0.3 is 5.97 Å². The molecule has 2 aromatic rings. The van der Waals surface area contributed by atoms with Crippen molar-refractivity contribution in [2.24, 2.45) is 0 Å². The van der Waals surface area contributed by atoms with Crippen LogP contribution in [0.3, 0.4) is 0 Å². The number of hydrogen-bond acceptors (Lipinski definition) is 7. The Kier molecular flexibility index (Phi) is 7.17. The lowest BCUT2D eigenvalue weighted by Crippen LogP contribution is -2.34. The fourth-order valence-electron chi connectivity index (χ4n) is 1.87. The topological polar surface area (TPSA) is 93.7 Å². The van der Waals surface area contributed by atoms with Gasteiger partial charge in [-0.1, -0.05) is 18.2 Å². The first-order chi connectivity index (χ1) is 12.1. The van der Waals surface area contributed by atoms with Crippen molar-refractivity contribution in [2.45, 2.75) is 0 Å². The van der Waals surface area contributed by atoms with Crippen LogP contribution in [-0.4, -0.2) is 55.2 Å². The minimum Gasteiger partial charge on any atom is -0.492 e. The van der Waals surface area contributed by atoms with Crippen LogP contribution in [0.2, 0.25) is 0 Å². The van der Waals surface area contributed by atoms with E-state index in [0.717, 1.165) is 5.75 Å². The summed E-state index contributed by atoms with van der Waals surface area (Å²) in [5.41, 5.74) is 0. The molecule has 1 aromatic heterocycles. The molecule has 1 aromatic carbocycles. The van der Waals surface area contributed by atoms with Crippen LogP contribution >= 0.6 is 0 Å². The van der Waals surface area contributed by atoms with Gasteiger partial charge in [0.1, 0.15) is 18.9 Å². The molecule has 1 heterocycles. The maximum atomic E-state index is 11.7. The zero-order chi connectivity index (χ0) is 17.9. The van der Waals surface area contributed by atoms with E-state index in [2.05, 4.69) is 15.3 Å². The Hall–Kier alpha value is -3.16. The van der Waals surface area contributed by atoms with E-state index in [1.807, 2.05) is 30.3 Å². The van der Waals surface area contributed by atoms with E-state index in [4.69, 9.17) is 9.47 Å². The molecule has 0 atom stereocenters. The minimum atomic E-state index is -0.536. The van der Waals surface area contributed by atoms with Crippen molar-refractivity contribution in [1.82, 2.24) is 15.3 Å². The lowest BCUT2D eigenvalue weighted by molar-refractivity contribution is -0.147. The Morgan fingerprint density at radius 1 is 1.12 bits per heavy atom. The zero-order valence-electron chi connectivity index (χ0n) is 13.9. The number of anilines is 1. The van der Waals surface area contributed by atoms with E-state index in [0.29, 0.717) is 19.1 Å². The summed E-state index contributed by atoms with van der Waals surface area (Å²) >= 11 is 0. The van der Waals surface area contributed by atoms with Crippen LogP contribution in [0, 0.1) is 0 Å². The monoisotopic (exact) mass is 344 g/mol. The van der Waals surface area contributed by atoms with Crippen LogP contribution in [0.4, 0.5) is 5.95 Å². The van der Waals surface area contributed by atoms with Gasteiger partial charge < -0.3 is 19.7 Å². The number of rotatable bonds is 9. The molecule has 0 saturated heterocycles. The minimum absolute atomic E-state index is 0.0472. The van der Waals surface area contributed by atoms with Gasteiger partial charge in [-0.3, -0.25) is 9.59 Å². The van der Waals surface area contributed by atoms with E-state index in [1.165, 1.54) is 4.90 Å². The molecule has 8 nitrogen and oxygen atoms in total. The van der Waals surface area contributed by atoms with Crippen LogP contribution in [0.1, 0.15) is 0 Å². The van der Waals surface area contributed by atoms with Crippen LogP contribution in [0.15, 0.2) is 48.8 Å². The summed E-state index contributed by atoms with van der Waals surface area (Å²) in [6, 6.07) is 11.0. The summed E-state index contributed by atoms with van der Waals surface area (Å²) in [7, 11) is 1.66. The average molecular weight is 344 g/mol. The molecule has 0 aliphatic rings. The summed E-state index contributed by atoms with van der Waals surface area (Å²) < 4.78 is 10.4. The Morgan fingerprint density at radius 3 is 2.56 bits per heavy atom. The van der Waals surface area contributed by atoms with Gasteiger partial charge in [0.05, 0.1) is 6.54 Å². The Balaban J connectivity index is 1.58. The molecule has 0 unspecified atom stereocenters. The van der Waals surface area contributed by atoms with E-state index < -0.39 is 5.97 Å². The quantitative estimate of drug-likeness (QED) is 0.527. The molecule has 132 valence electrons. The number of nitrogens with one attached hydrogen (secondary N) is 1. The van der Waals surface area contributed by atoms with Crippen LogP contribution < -0.4 is 15.0 Å². The molecule has 0 spiro atoms. The van der Waals surface area contributed by atoms with Gasteiger partial charge in [0.2, 0.25) is 5.95 Å². The highest BCUT2D eigenvalue weighted by Gasteiger charge is 2.12. The number of carbonyl (C=O) groups is 2. The number of hydrogen-bond donors (Lipinski definition) is 1. The third kappa shape index (κ3) is 6.86. The number of nitrogens with zero attached hydrogens (tertiary/aromatic N) is 3. The second kappa shape index (κ2) is 9.86. The summed E-state index contributed by atoms with van der Waals surface area (Å²) in [4.78, 5) is 32.9.